The van der Waals surface area contributed by atoms with Crippen LogP contribution in [0.25, 0.3) is 0 Å². The van der Waals surface area contributed by atoms with Crippen molar-refractivity contribution in [3.8, 4) is 0 Å². The Bertz CT molecular complexity index is 348. The lowest BCUT2D eigenvalue weighted by atomic mass is 10.0. The predicted octanol–water partition coefficient (Wildman–Crippen LogP) is 1.88. The number of hydrogen-bond acceptors (Lipinski definition) is 3. The number of nitrogens with zero attached hydrogens (tertiary/aromatic N) is 3. The molecule has 0 bridgehead atoms. The molecule has 0 aliphatic rings. The molecule has 1 aromatic heterocycles. The largest absolute Gasteiger partial charge is 0.327 e. The zero-order chi connectivity index (χ0) is 13.0. The number of hydrogen-bond donors (Lipinski definition) is 1. The molecule has 0 saturated heterocycles. The van der Waals surface area contributed by atoms with Crippen molar-refractivity contribution < 1.29 is 0 Å². The molecule has 98 valence electrons. The van der Waals surface area contributed by atoms with Crippen molar-refractivity contribution in [2.24, 2.45) is 18.7 Å². The van der Waals surface area contributed by atoms with Gasteiger partial charge in [-0.05, 0) is 25.9 Å². The summed E-state index contributed by atoms with van der Waals surface area (Å²) in [7, 11) is 4.01. The summed E-state index contributed by atoms with van der Waals surface area (Å²) in [5, 5.41) is 0.673. The number of nitrogens with two attached hydrogens (primary N) is 1. The third kappa shape index (κ3) is 4.30. The fraction of sp³-hybridized carbons (Fsp3) is 0.750. The monoisotopic (exact) mass is 258 g/mol. The topological polar surface area (TPSA) is 47.1 Å². The van der Waals surface area contributed by atoms with Gasteiger partial charge in [-0.25, -0.2) is 4.98 Å². The van der Waals surface area contributed by atoms with E-state index in [4.69, 9.17) is 17.3 Å². The van der Waals surface area contributed by atoms with E-state index in [1.165, 1.54) is 0 Å². The zero-order valence-electron chi connectivity index (χ0n) is 11.2. The molecule has 0 aliphatic carbocycles. The predicted molar refractivity (Wildman–Crippen MR) is 72.0 cm³/mol. The van der Waals surface area contributed by atoms with Crippen LogP contribution in [0.5, 0.6) is 0 Å². The maximum Gasteiger partial charge on any atom is 0.128 e. The lowest BCUT2D eigenvalue weighted by Gasteiger charge is -2.21. The van der Waals surface area contributed by atoms with Gasteiger partial charge in [-0.2, -0.15) is 0 Å². The van der Waals surface area contributed by atoms with Gasteiger partial charge in [0.15, 0.2) is 0 Å². The second kappa shape index (κ2) is 6.38. The fourth-order valence-electron chi connectivity index (χ4n) is 1.59. The van der Waals surface area contributed by atoms with Crippen LogP contribution in [0.3, 0.4) is 0 Å². The molecule has 1 rings (SSSR count). The second-order valence-electron chi connectivity index (χ2n) is 4.99. The maximum absolute atomic E-state index is 6.02. The standard InChI is InChI=1S/C12H23ClN4/c1-9(2)10(14)5-6-16(3)8-12-15-7-11(13)17(12)4/h7,9-10H,5-6,8,14H2,1-4H3. The fourth-order valence-corrected chi connectivity index (χ4v) is 1.74. The molecule has 4 nitrogen and oxygen atoms in total. The van der Waals surface area contributed by atoms with Crippen molar-refractivity contribution in [2.75, 3.05) is 13.6 Å². The highest BCUT2D eigenvalue weighted by atomic mass is 35.5. The van der Waals surface area contributed by atoms with E-state index in [0.29, 0.717) is 11.1 Å². The van der Waals surface area contributed by atoms with Crippen molar-refractivity contribution in [1.29, 1.82) is 0 Å². The summed E-state index contributed by atoms with van der Waals surface area (Å²) in [6.45, 7) is 6.09. The summed E-state index contributed by atoms with van der Waals surface area (Å²) in [6.07, 6.45) is 2.69. The molecule has 0 aliphatic heterocycles. The van der Waals surface area contributed by atoms with E-state index in [0.717, 1.165) is 25.3 Å². The molecular weight excluding hydrogens is 236 g/mol. The van der Waals surface area contributed by atoms with Gasteiger partial charge in [0.25, 0.3) is 0 Å². The minimum Gasteiger partial charge on any atom is -0.327 e. The first-order valence-electron chi connectivity index (χ1n) is 6.02. The van der Waals surface area contributed by atoms with E-state index in [2.05, 4.69) is 30.8 Å². The van der Waals surface area contributed by atoms with Gasteiger partial charge >= 0.3 is 0 Å². The van der Waals surface area contributed by atoms with Crippen molar-refractivity contribution in [3.05, 3.63) is 17.2 Å². The number of halogens is 1. The van der Waals surface area contributed by atoms with Gasteiger partial charge in [0, 0.05) is 13.1 Å². The molecule has 0 aromatic carbocycles. The SMILES string of the molecule is CC(C)C(N)CCN(C)Cc1ncc(Cl)n1C. The molecule has 1 heterocycles. The Morgan fingerprint density at radius 2 is 2.18 bits per heavy atom. The summed E-state index contributed by atoms with van der Waals surface area (Å²) in [5.74, 6) is 1.52. The van der Waals surface area contributed by atoms with E-state index in [9.17, 15) is 0 Å². The lowest BCUT2D eigenvalue weighted by molar-refractivity contribution is 0.287. The van der Waals surface area contributed by atoms with Crippen LogP contribution in [0.1, 0.15) is 26.1 Å². The number of rotatable bonds is 6. The van der Waals surface area contributed by atoms with E-state index in [-0.39, 0.29) is 6.04 Å². The molecule has 5 heteroatoms. The molecular formula is C12H23ClN4. The van der Waals surface area contributed by atoms with Gasteiger partial charge in [-0.3, -0.25) is 4.90 Å². The van der Waals surface area contributed by atoms with Crippen LogP contribution in [0.2, 0.25) is 5.15 Å². The Labute approximate surface area is 109 Å². The first-order valence-corrected chi connectivity index (χ1v) is 6.39. The third-order valence-electron chi connectivity index (χ3n) is 3.14. The van der Waals surface area contributed by atoms with Crippen LogP contribution < -0.4 is 5.73 Å². The van der Waals surface area contributed by atoms with Crippen LogP contribution in [0.4, 0.5) is 0 Å². The van der Waals surface area contributed by atoms with Crippen LogP contribution in [-0.2, 0) is 13.6 Å². The van der Waals surface area contributed by atoms with E-state index < -0.39 is 0 Å². The Hall–Kier alpha value is -0.580. The van der Waals surface area contributed by atoms with Crippen LogP contribution in [-0.4, -0.2) is 34.1 Å². The van der Waals surface area contributed by atoms with Gasteiger partial charge in [0.2, 0.25) is 0 Å². The molecule has 0 spiro atoms. The van der Waals surface area contributed by atoms with E-state index in [1.54, 1.807) is 6.20 Å². The van der Waals surface area contributed by atoms with Crippen molar-refractivity contribution in [3.63, 3.8) is 0 Å². The van der Waals surface area contributed by atoms with Crippen LogP contribution in [0, 0.1) is 5.92 Å². The summed E-state index contributed by atoms with van der Waals surface area (Å²) in [5.41, 5.74) is 6.02. The Balaban J connectivity index is 2.40. The molecule has 17 heavy (non-hydrogen) atoms. The summed E-state index contributed by atoms with van der Waals surface area (Å²) in [6, 6.07) is 0.266. The van der Waals surface area contributed by atoms with E-state index in [1.807, 2.05) is 11.6 Å². The molecule has 1 aromatic rings. The maximum atomic E-state index is 6.02. The number of imidazole rings is 1. The summed E-state index contributed by atoms with van der Waals surface area (Å²) in [4.78, 5) is 6.50. The van der Waals surface area contributed by atoms with Crippen molar-refractivity contribution in [2.45, 2.75) is 32.9 Å². The smallest absolute Gasteiger partial charge is 0.128 e. The highest BCUT2D eigenvalue weighted by molar-refractivity contribution is 6.29. The normalized spacial score (nSPS) is 13.6. The number of aromatic nitrogens is 2. The van der Waals surface area contributed by atoms with Gasteiger partial charge in [0.05, 0.1) is 12.7 Å². The molecule has 0 radical (unpaired) electrons. The molecule has 2 N–H and O–H groups in total. The summed E-state index contributed by atoms with van der Waals surface area (Å²) >= 11 is 5.94. The van der Waals surface area contributed by atoms with Crippen molar-refractivity contribution >= 4 is 11.6 Å². The van der Waals surface area contributed by atoms with Gasteiger partial charge < -0.3 is 10.3 Å². The zero-order valence-corrected chi connectivity index (χ0v) is 11.9. The Kier molecular flexibility index (Phi) is 5.43. The first kappa shape index (κ1) is 14.5. The van der Waals surface area contributed by atoms with E-state index >= 15 is 0 Å². The van der Waals surface area contributed by atoms with Gasteiger partial charge in [-0.1, -0.05) is 25.4 Å². The highest BCUT2D eigenvalue weighted by Gasteiger charge is 2.11. The Morgan fingerprint density at radius 3 is 2.65 bits per heavy atom. The van der Waals surface area contributed by atoms with Gasteiger partial charge in [0.1, 0.15) is 11.0 Å². The average molecular weight is 259 g/mol. The molecule has 0 saturated carbocycles. The molecule has 0 amide bonds. The molecule has 1 atom stereocenters. The highest BCUT2D eigenvalue weighted by Crippen LogP contribution is 2.11. The molecule has 0 fully saturated rings. The first-order chi connectivity index (χ1) is 7.91. The Morgan fingerprint density at radius 1 is 1.53 bits per heavy atom. The van der Waals surface area contributed by atoms with Crippen molar-refractivity contribution in [1.82, 2.24) is 14.5 Å². The average Bonchev–Trinajstić information content (AvgIpc) is 2.57. The lowest BCUT2D eigenvalue weighted by Crippen LogP contribution is -2.32. The third-order valence-corrected chi connectivity index (χ3v) is 3.49. The van der Waals surface area contributed by atoms with Crippen LogP contribution >= 0.6 is 11.6 Å². The van der Waals surface area contributed by atoms with Crippen LogP contribution in [0.15, 0.2) is 6.20 Å². The summed E-state index contributed by atoms with van der Waals surface area (Å²) < 4.78 is 1.90. The minimum absolute atomic E-state index is 0.266. The second-order valence-corrected chi connectivity index (χ2v) is 5.38. The minimum atomic E-state index is 0.266. The quantitative estimate of drug-likeness (QED) is 0.848. The molecule has 1 unspecified atom stereocenters. The van der Waals surface area contributed by atoms with Gasteiger partial charge in [-0.15, -0.1) is 0 Å².